The molecule has 0 saturated carbocycles. The van der Waals surface area contributed by atoms with E-state index < -0.39 is 0 Å². The first-order valence-corrected chi connectivity index (χ1v) is 2.82. The number of hydrogen-bond donors (Lipinski definition) is 1. The third-order valence-electron chi connectivity index (χ3n) is 1.30. The molecule has 0 amide bonds. The fourth-order valence-electron chi connectivity index (χ4n) is 0.659. The van der Waals surface area contributed by atoms with Crippen molar-refractivity contribution >= 4 is 19.0 Å². The Bertz CT molecular complexity index is 228. The summed E-state index contributed by atoms with van der Waals surface area (Å²) in [6.07, 6.45) is 0. The second-order valence-electron chi connectivity index (χ2n) is 2.12. The second-order valence-corrected chi connectivity index (χ2v) is 2.12. The summed E-state index contributed by atoms with van der Waals surface area (Å²) in [5, 5.41) is 0. The zero-order chi connectivity index (χ0) is 6.85. The van der Waals surface area contributed by atoms with Crippen LogP contribution in [0.1, 0.15) is 5.56 Å². The maximum absolute atomic E-state index is 5.54. The second kappa shape index (κ2) is 4.76. The number of nitrogen functional groups attached to an aromatic ring is 1. The minimum atomic E-state index is 0. The van der Waals surface area contributed by atoms with E-state index in [4.69, 9.17) is 13.6 Å². The first kappa shape index (κ1) is 12.7. The molecule has 4 heteroatoms. The van der Waals surface area contributed by atoms with Crippen molar-refractivity contribution in [1.82, 2.24) is 0 Å². The van der Waals surface area contributed by atoms with E-state index in [9.17, 15) is 0 Å². The van der Waals surface area contributed by atoms with Crippen molar-refractivity contribution in [2.24, 2.45) is 0 Å². The average Bonchev–Trinajstić information content (AvgIpc) is 1.80. The Balaban J connectivity index is 0. The number of anilines is 1. The number of benzene rings is 1. The summed E-state index contributed by atoms with van der Waals surface area (Å²) >= 11 is 0. The van der Waals surface area contributed by atoms with E-state index >= 15 is 0 Å². The zero-order valence-electron chi connectivity index (χ0n) is 6.28. The smallest absolute Gasteiger partial charge is 0.870 e. The Labute approximate surface area is 67.2 Å². The quantitative estimate of drug-likeness (QED) is 0.418. The molecular weight excluding hydrogens is 141 g/mol. The standard InChI is InChI=1S/C7H8BN.2H2O/c1-5-2-3-6(8)4-7(5)9;;/h2-4H,9H2,1H3;2*1H2/q+2;;/p-2. The molecule has 1 aromatic carbocycles. The molecule has 4 N–H and O–H groups in total. The predicted molar refractivity (Wildman–Crippen MR) is 44.9 cm³/mol. The SMILES string of the molecule is [B+2]c1ccc(C)c(N)c1.[OH-].[OH-]. The number of hydrogen-bond acceptors (Lipinski definition) is 3. The van der Waals surface area contributed by atoms with Crippen molar-refractivity contribution in [3.63, 3.8) is 0 Å². The first-order chi connectivity index (χ1) is 4.20. The van der Waals surface area contributed by atoms with Gasteiger partial charge in [-0.1, -0.05) is 0 Å². The molecule has 0 heterocycles. The van der Waals surface area contributed by atoms with E-state index in [1.807, 2.05) is 19.1 Å². The van der Waals surface area contributed by atoms with Crippen LogP contribution in [0.15, 0.2) is 18.2 Å². The van der Waals surface area contributed by atoms with Gasteiger partial charge in [0.2, 0.25) is 0 Å². The van der Waals surface area contributed by atoms with Crippen LogP contribution in [0.25, 0.3) is 0 Å². The monoisotopic (exact) mass is 151 g/mol. The van der Waals surface area contributed by atoms with Gasteiger partial charge in [0.25, 0.3) is 0 Å². The fourth-order valence-corrected chi connectivity index (χ4v) is 0.659. The molecule has 3 nitrogen and oxygen atoms in total. The van der Waals surface area contributed by atoms with Crippen LogP contribution in [-0.4, -0.2) is 18.8 Å². The Morgan fingerprint density at radius 3 is 2.18 bits per heavy atom. The van der Waals surface area contributed by atoms with Crippen molar-refractivity contribution in [2.75, 3.05) is 5.73 Å². The van der Waals surface area contributed by atoms with E-state index in [0.717, 1.165) is 16.7 Å². The van der Waals surface area contributed by atoms with Gasteiger partial charge in [0, 0.05) is 0 Å². The van der Waals surface area contributed by atoms with Crippen LogP contribution in [0.2, 0.25) is 0 Å². The van der Waals surface area contributed by atoms with E-state index in [-0.39, 0.29) is 11.0 Å². The van der Waals surface area contributed by atoms with Gasteiger partial charge in [-0.25, -0.2) is 0 Å². The van der Waals surface area contributed by atoms with Gasteiger partial charge in [-0.2, -0.15) is 0 Å². The largest absolute Gasteiger partial charge is 0.870 e. The van der Waals surface area contributed by atoms with Gasteiger partial charge in [-0.3, -0.25) is 0 Å². The summed E-state index contributed by atoms with van der Waals surface area (Å²) in [5.41, 5.74) is 8.09. The summed E-state index contributed by atoms with van der Waals surface area (Å²) in [6.45, 7) is 1.95. The van der Waals surface area contributed by atoms with E-state index in [1.165, 1.54) is 0 Å². The molecule has 0 spiro atoms. The van der Waals surface area contributed by atoms with E-state index in [1.54, 1.807) is 6.07 Å². The van der Waals surface area contributed by atoms with Crippen LogP contribution >= 0.6 is 0 Å². The predicted octanol–water partition coefficient (Wildman–Crippen LogP) is 0.0174. The van der Waals surface area contributed by atoms with Crippen molar-refractivity contribution in [2.45, 2.75) is 6.92 Å². The summed E-state index contributed by atoms with van der Waals surface area (Å²) in [4.78, 5) is 0. The van der Waals surface area contributed by atoms with Gasteiger partial charge in [0.1, 0.15) is 0 Å². The summed E-state index contributed by atoms with van der Waals surface area (Å²) in [6, 6.07) is 5.51. The van der Waals surface area contributed by atoms with Gasteiger partial charge in [-0.05, 0) is 0 Å². The zero-order valence-corrected chi connectivity index (χ0v) is 6.28. The van der Waals surface area contributed by atoms with Crippen LogP contribution in [0, 0.1) is 6.92 Å². The molecule has 58 valence electrons. The topological polar surface area (TPSA) is 86.0 Å². The minimum Gasteiger partial charge on any atom is -0.870 e. The van der Waals surface area contributed by atoms with Crippen LogP contribution in [0.5, 0.6) is 0 Å². The molecule has 0 aliphatic carbocycles. The summed E-state index contributed by atoms with van der Waals surface area (Å²) in [7, 11) is 5.45. The number of rotatable bonds is 0. The van der Waals surface area contributed by atoms with Gasteiger partial charge in [0.15, 0.2) is 0 Å². The number of nitrogens with two attached hydrogens (primary N) is 1. The minimum absolute atomic E-state index is 0. The molecule has 0 atom stereocenters. The third-order valence-corrected chi connectivity index (χ3v) is 1.30. The fraction of sp³-hybridized carbons (Fsp3) is 0.143. The number of aryl methyl sites for hydroxylation is 1. The molecule has 0 saturated heterocycles. The van der Waals surface area contributed by atoms with Crippen molar-refractivity contribution in [3.05, 3.63) is 23.8 Å². The summed E-state index contributed by atoms with van der Waals surface area (Å²) in [5.74, 6) is 0. The molecule has 0 radical (unpaired) electrons. The van der Waals surface area contributed by atoms with Crippen molar-refractivity contribution in [1.29, 1.82) is 0 Å². The normalized spacial score (nSPS) is 7.91. The maximum Gasteiger partial charge on any atom is -0.870 e. The van der Waals surface area contributed by atoms with Crippen molar-refractivity contribution < 1.29 is 11.0 Å². The van der Waals surface area contributed by atoms with Gasteiger partial charge < -0.3 is 11.0 Å². The maximum atomic E-state index is 5.54. The van der Waals surface area contributed by atoms with Crippen LogP contribution in [-0.2, 0) is 0 Å². The molecule has 0 aliphatic heterocycles. The molecule has 1 aromatic rings. The molecule has 11 heavy (non-hydrogen) atoms. The Morgan fingerprint density at radius 1 is 1.27 bits per heavy atom. The van der Waals surface area contributed by atoms with Gasteiger partial charge >= 0.3 is 55.4 Å². The molecule has 0 bridgehead atoms. The van der Waals surface area contributed by atoms with E-state index in [0.29, 0.717) is 0 Å². The van der Waals surface area contributed by atoms with Crippen molar-refractivity contribution in [3.8, 4) is 0 Å². The van der Waals surface area contributed by atoms with Crippen LogP contribution in [0.3, 0.4) is 0 Å². The Morgan fingerprint density at radius 2 is 1.82 bits per heavy atom. The molecule has 0 aromatic heterocycles. The average molecular weight is 151 g/mol. The Hall–Kier alpha value is -0.995. The van der Waals surface area contributed by atoms with E-state index in [2.05, 4.69) is 0 Å². The first-order valence-electron chi connectivity index (χ1n) is 2.82. The molecule has 1 rings (SSSR count). The van der Waals surface area contributed by atoms with Crippen LogP contribution in [0.4, 0.5) is 5.69 Å². The van der Waals surface area contributed by atoms with Gasteiger partial charge in [-0.15, -0.1) is 0 Å². The summed E-state index contributed by atoms with van der Waals surface area (Å²) < 4.78 is 0. The molecule has 0 fully saturated rings. The molecule has 0 unspecified atom stereocenters. The Kier molecular flexibility index (Phi) is 5.48. The van der Waals surface area contributed by atoms with Crippen LogP contribution < -0.4 is 11.2 Å². The van der Waals surface area contributed by atoms with Gasteiger partial charge in [0.05, 0.1) is 0 Å². The molecular formula is C7H10BNO2. The molecule has 0 aliphatic rings. The third kappa shape index (κ3) is 3.07.